The summed E-state index contributed by atoms with van der Waals surface area (Å²) in [6.07, 6.45) is 2.52. The van der Waals surface area contributed by atoms with Gasteiger partial charge in [0.25, 0.3) is 5.91 Å². The van der Waals surface area contributed by atoms with Gasteiger partial charge in [0.05, 0.1) is 24.3 Å². The highest BCUT2D eigenvalue weighted by Crippen LogP contribution is 2.20. The quantitative estimate of drug-likeness (QED) is 0.774. The molecule has 0 unspecified atom stereocenters. The van der Waals surface area contributed by atoms with E-state index < -0.39 is 0 Å². The zero-order valence-electron chi connectivity index (χ0n) is 10.6. The molecule has 2 heterocycles. The number of morpholine rings is 1. The number of aromatic nitrogens is 1. The van der Waals surface area contributed by atoms with Crippen LogP contribution in [0.5, 0.6) is 0 Å². The van der Waals surface area contributed by atoms with Crippen LogP contribution in [0.3, 0.4) is 0 Å². The average Bonchev–Trinajstić information content (AvgIpc) is 2.38. The first kappa shape index (κ1) is 13.3. The topological polar surface area (TPSA) is 42.4 Å². The molecular weight excluding hydrogens is 252 g/mol. The van der Waals surface area contributed by atoms with Crippen LogP contribution in [0.25, 0.3) is 0 Å². The van der Waals surface area contributed by atoms with Crippen molar-refractivity contribution in [1.82, 2.24) is 9.88 Å². The number of carbonyl (C=O) groups excluding carboxylic acids is 1. The Hall–Kier alpha value is -1.13. The van der Waals surface area contributed by atoms with Gasteiger partial charge in [-0.25, -0.2) is 4.98 Å². The molecule has 0 aliphatic carbocycles. The number of ether oxygens (including phenoxy) is 1. The standard InChI is InChI=1S/C13H17ClN2O2/c1-3-10-8-18-9(2)7-16(10)13(17)11-5-4-6-15-12(11)14/h4-6,9-10H,3,7-8H2,1-2H3/t9-,10-/m1/s1. The molecule has 2 atom stereocenters. The van der Waals surface area contributed by atoms with Gasteiger partial charge in [-0.2, -0.15) is 0 Å². The number of pyridine rings is 1. The summed E-state index contributed by atoms with van der Waals surface area (Å²) in [7, 11) is 0. The van der Waals surface area contributed by atoms with Crippen LogP contribution in [0.4, 0.5) is 0 Å². The Kier molecular flexibility index (Phi) is 4.19. The van der Waals surface area contributed by atoms with Crippen LogP contribution in [-0.2, 0) is 4.74 Å². The number of hydrogen-bond acceptors (Lipinski definition) is 3. The molecule has 0 aromatic carbocycles. The molecule has 98 valence electrons. The monoisotopic (exact) mass is 268 g/mol. The van der Waals surface area contributed by atoms with Crippen LogP contribution < -0.4 is 0 Å². The highest BCUT2D eigenvalue weighted by atomic mass is 35.5. The molecule has 1 fully saturated rings. The van der Waals surface area contributed by atoms with E-state index in [-0.39, 0.29) is 23.2 Å². The number of nitrogens with zero attached hydrogens (tertiary/aromatic N) is 2. The fraction of sp³-hybridized carbons (Fsp3) is 0.538. The van der Waals surface area contributed by atoms with Gasteiger partial charge >= 0.3 is 0 Å². The van der Waals surface area contributed by atoms with Crippen molar-refractivity contribution >= 4 is 17.5 Å². The lowest BCUT2D eigenvalue weighted by molar-refractivity contribution is -0.0444. The third kappa shape index (κ3) is 2.65. The summed E-state index contributed by atoms with van der Waals surface area (Å²) in [5, 5.41) is 0.261. The maximum Gasteiger partial charge on any atom is 0.257 e. The van der Waals surface area contributed by atoms with Crippen molar-refractivity contribution in [3.05, 3.63) is 29.0 Å². The number of amides is 1. The van der Waals surface area contributed by atoms with Crippen LogP contribution >= 0.6 is 11.6 Å². The molecule has 2 rings (SSSR count). The SMILES string of the molecule is CC[C@@H]1CO[C@H](C)CN1C(=O)c1cccnc1Cl. The Morgan fingerprint density at radius 1 is 1.67 bits per heavy atom. The third-order valence-corrected chi connectivity index (χ3v) is 3.49. The van der Waals surface area contributed by atoms with E-state index in [2.05, 4.69) is 11.9 Å². The zero-order valence-corrected chi connectivity index (χ0v) is 11.4. The minimum Gasteiger partial charge on any atom is -0.375 e. The first-order valence-electron chi connectivity index (χ1n) is 6.16. The minimum atomic E-state index is -0.0601. The normalized spacial score (nSPS) is 24.1. The molecule has 0 saturated carbocycles. The second kappa shape index (κ2) is 5.67. The summed E-state index contributed by atoms with van der Waals surface area (Å²) >= 11 is 5.98. The molecule has 4 nitrogen and oxygen atoms in total. The second-order valence-electron chi connectivity index (χ2n) is 4.51. The highest BCUT2D eigenvalue weighted by molar-refractivity contribution is 6.32. The van der Waals surface area contributed by atoms with Crippen LogP contribution in [0.2, 0.25) is 5.15 Å². The summed E-state index contributed by atoms with van der Waals surface area (Å²) in [4.78, 5) is 18.3. The predicted molar refractivity (Wildman–Crippen MR) is 69.8 cm³/mol. The summed E-state index contributed by atoms with van der Waals surface area (Å²) in [6.45, 7) is 5.20. The third-order valence-electron chi connectivity index (χ3n) is 3.19. The van der Waals surface area contributed by atoms with Crippen molar-refractivity contribution in [1.29, 1.82) is 0 Å². The molecule has 1 saturated heterocycles. The van der Waals surface area contributed by atoms with Gasteiger partial charge in [-0.1, -0.05) is 18.5 Å². The Bertz CT molecular complexity index is 439. The molecule has 1 aromatic heterocycles. The van der Waals surface area contributed by atoms with E-state index in [0.717, 1.165) is 6.42 Å². The number of rotatable bonds is 2. The lowest BCUT2D eigenvalue weighted by Crippen LogP contribution is -2.51. The molecule has 1 aromatic rings. The summed E-state index contributed by atoms with van der Waals surface area (Å²) in [5.74, 6) is -0.0601. The van der Waals surface area contributed by atoms with E-state index >= 15 is 0 Å². The van der Waals surface area contributed by atoms with Crippen LogP contribution in [0.15, 0.2) is 18.3 Å². The molecule has 0 radical (unpaired) electrons. The largest absolute Gasteiger partial charge is 0.375 e. The average molecular weight is 269 g/mol. The van der Waals surface area contributed by atoms with E-state index in [1.165, 1.54) is 0 Å². The van der Waals surface area contributed by atoms with Crippen molar-refractivity contribution < 1.29 is 9.53 Å². The van der Waals surface area contributed by atoms with Gasteiger partial charge in [0.1, 0.15) is 5.15 Å². The maximum atomic E-state index is 12.5. The van der Waals surface area contributed by atoms with Crippen molar-refractivity contribution in [2.24, 2.45) is 0 Å². The smallest absolute Gasteiger partial charge is 0.257 e. The zero-order chi connectivity index (χ0) is 13.1. The van der Waals surface area contributed by atoms with Crippen LogP contribution in [0, 0.1) is 0 Å². The van der Waals surface area contributed by atoms with Gasteiger partial charge in [0.2, 0.25) is 0 Å². The molecule has 5 heteroatoms. The van der Waals surface area contributed by atoms with Gasteiger partial charge in [-0.15, -0.1) is 0 Å². The molecule has 0 N–H and O–H groups in total. The van der Waals surface area contributed by atoms with Gasteiger partial charge in [-0.3, -0.25) is 4.79 Å². The Balaban J connectivity index is 2.23. The fourth-order valence-corrected chi connectivity index (χ4v) is 2.33. The molecule has 1 aliphatic rings. The van der Waals surface area contributed by atoms with E-state index in [1.807, 2.05) is 11.8 Å². The van der Waals surface area contributed by atoms with E-state index in [4.69, 9.17) is 16.3 Å². The highest BCUT2D eigenvalue weighted by Gasteiger charge is 2.30. The van der Waals surface area contributed by atoms with Crippen LogP contribution in [0.1, 0.15) is 30.6 Å². The summed E-state index contributed by atoms with van der Waals surface area (Å²) in [6, 6.07) is 3.55. The molecule has 1 aliphatic heterocycles. The lowest BCUT2D eigenvalue weighted by atomic mass is 10.1. The van der Waals surface area contributed by atoms with Crippen molar-refractivity contribution in [3.8, 4) is 0 Å². The van der Waals surface area contributed by atoms with Crippen molar-refractivity contribution in [2.75, 3.05) is 13.2 Å². The lowest BCUT2D eigenvalue weighted by Gasteiger charge is -2.38. The first-order valence-corrected chi connectivity index (χ1v) is 6.54. The Labute approximate surface area is 112 Å². The van der Waals surface area contributed by atoms with E-state index in [0.29, 0.717) is 18.7 Å². The fourth-order valence-electron chi connectivity index (χ4n) is 2.13. The second-order valence-corrected chi connectivity index (χ2v) is 4.86. The van der Waals surface area contributed by atoms with Crippen molar-refractivity contribution in [3.63, 3.8) is 0 Å². The van der Waals surface area contributed by atoms with Gasteiger partial charge in [0, 0.05) is 12.7 Å². The predicted octanol–water partition coefficient (Wildman–Crippen LogP) is 2.37. The number of halogens is 1. The molecular formula is C13H17ClN2O2. The van der Waals surface area contributed by atoms with Gasteiger partial charge < -0.3 is 9.64 Å². The number of hydrogen-bond donors (Lipinski definition) is 0. The maximum absolute atomic E-state index is 12.5. The molecule has 18 heavy (non-hydrogen) atoms. The minimum absolute atomic E-state index is 0.0601. The first-order chi connectivity index (χ1) is 8.63. The van der Waals surface area contributed by atoms with Crippen molar-refractivity contribution in [2.45, 2.75) is 32.4 Å². The molecule has 1 amide bonds. The van der Waals surface area contributed by atoms with E-state index in [9.17, 15) is 4.79 Å². The number of carbonyl (C=O) groups is 1. The summed E-state index contributed by atoms with van der Waals surface area (Å²) in [5.41, 5.74) is 0.465. The Morgan fingerprint density at radius 3 is 3.11 bits per heavy atom. The molecule has 0 bridgehead atoms. The summed E-state index contributed by atoms with van der Waals surface area (Å²) < 4.78 is 5.59. The van der Waals surface area contributed by atoms with Gasteiger partial charge in [-0.05, 0) is 25.5 Å². The van der Waals surface area contributed by atoms with E-state index in [1.54, 1.807) is 18.3 Å². The molecule has 0 spiro atoms. The van der Waals surface area contributed by atoms with Crippen LogP contribution in [-0.4, -0.2) is 41.1 Å². The Morgan fingerprint density at radius 2 is 2.44 bits per heavy atom. The van der Waals surface area contributed by atoms with Gasteiger partial charge in [0.15, 0.2) is 0 Å².